The molecule has 2 aromatic rings. The van der Waals surface area contributed by atoms with Gasteiger partial charge in [-0.2, -0.15) is 0 Å². The van der Waals surface area contributed by atoms with Crippen molar-refractivity contribution in [1.82, 2.24) is 5.43 Å². The predicted molar refractivity (Wildman–Crippen MR) is 72.9 cm³/mol. The van der Waals surface area contributed by atoms with E-state index < -0.39 is 0 Å². The molecule has 1 amide bonds. The molecule has 5 nitrogen and oxygen atoms in total. The number of nitrogen functional groups attached to an aromatic ring is 1. The first-order valence-electron chi connectivity index (χ1n) is 5.68. The van der Waals surface area contributed by atoms with E-state index in [1.807, 2.05) is 36.4 Å². The van der Waals surface area contributed by atoms with Crippen LogP contribution in [0.2, 0.25) is 0 Å². The van der Waals surface area contributed by atoms with E-state index in [-0.39, 0.29) is 12.1 Å². The number of nitrogens with two attached hydrogens (primary N) is 2. The highest BCUT2D eigenvalue weighted by Gasteiger charge is 2.14. The van der Waals surface area contributed by atoms with Crippen molar-refractivity contribution in [3.8, 4) is 0 Å². The molecule has 0 spiro atoms. The Balaban J connectivity index is 2.67. The van der Waals surface area contributed by atoms with Gasteiger partial charge in [-0.1, -0.05) is 30.3 Å². The first-order chi connectivity index (χ1) is 8.63. The fourth-order valence-corrected chi connectivity index (χ4v) is 1.95. The lowest BCUT2D eigenvalue weighted by Gasteiger charge is -2.16. The number of hydrogen-bond acceptors (Lipinski definition) is 4. The van der Waals surface area contributed by atoms with Crippen LogP contribution in [-0.4, -0.2) is 12.1 Å². The Bertz CT molecular complexity index is 580. The second-order valence-corrected chi connectivity index (χ2v) is 4.12. The molecule has 2 rings (SSSR count). The predicted octanol–water partition coefficient (Wildman–Crippen LogP) is 1.16. The third kappa shape index (κ3) is 2.27. The van der Waals surface area contributed by atoms with E-state index in [4.69, 9.17) is 11.6 Å². The van der Waals surface area contributed by atoms with Crippen molar-refractivity contribution in [1.29, 1.82) is 0 Å². The topological polar surface area (TPSA) is 93.2 Å². The molecule has 94 valence electrons. The van der Waals surface area contributed by atoms with E-state index >= 15 is 0 Å². The summed E-state index contributed by atoms with van der Waals surface area (Å²) in [5.74, 6) is 4.90. The van der Waals surface area contributed by atoms with Gasteiger partial charge in [0.1, 0.15) is 0 Å². The summed E-state index contributed by atoms with van der Waals surface area (Å²) in [6.45, 7) is 1.80. The molecule has 5 heteroatoms. The molecule has 0 aromatic heterocycles. The van der Waals surface area contributed by atoms with E-state index in [9.17, 15) is 4.79 Å². The summed E-state index contributed by atoms with van der Waals surface area (Å²) in [6.07, 6.45) is -0.254. The van der Waals surface area contributed by atoms with Crippen LogP contribution in [0.5, 0.6) is 0 Å². The van der Waals surface area contributed by atoms with Crippen LogP contribution < -0.4 is 22.3 Å². The Kier molecular flexibility index (Phi) is 3.45. The minimum absolute atomic E-state index is 0.254. The second-order valence-electron chi connectivity index (χ2n) is 4.12. The van der Waals surface area contributed by atoms with Crippen molar-refractivity contribution in [3.63, 3.8) is 0 Å². The molecular weight excluding hydrogens is 228 g/mol. The molecule has 2 aromatic carbocycles. The van der Waals surface area contributed by atoms with Crippen molar-refractivity contribution in [2.75, 3.05) is 5.32 Å². The van der Waals surface area contributed by atoms with Gasteiger partial charge in [0.05, 0.1) is 11.7 Å². The fourth-order valence-electron chi connectivity index (χ4n) is 1.95. The standard InChI is InChI=1S/C13H16N4O/c1-8(14)16-11-7-6-9-4-2-3-5-10(9)12(11)13(18)17-15/h2-8,16H,14-15H2,1H3,(H,17,18). The number of anilines is 1. The SMILES string of the molecule is CC(N)Nc1ccc2ccccc2c1C(=O)NN. The van der Waals surface area contributed by atoms with E-state index in [0.717, 1.165) is 10.8 Å². The van der Waals surface area contributed by atoms with Crippen molar-refractivity contribution >= 4 is 22.4 Å². The van der Waals surface area contributed by atoms with E-state index in [0.29, 0.717) is 11.3 Å². The molecule has 18 heavy (non-hydrogen) atoms. The van der Waals surface area contributed by atoms with Gasteiger partial charge in [-0.25, -0.2) is 5.84 Å². The molecule has 1 unspecified atom stereocenters. The van der Waals surface area contributed by atoms with Gasteiger partial charge >= 0.3 is 0 Å². The molecule has 6 N–H and O–H groups in total. The van der Waals surface area contributed by atoms with Crippen LogP contribution in [0.3, 0.4) is 0 Å². The summed E-state index contributed by atoms with van der Waals surface area (Å²) in [4.78, 5) is 11.9. The summed E-state index contributed by atoms with van der Waals surface area (Å²) < 4.78 is 0. The number of hydrazine groups is 1. The Morgan fingerprint density at radius 1 is 1.22 bits per heavy atom. The second kappa shape index (κ2) is 5.03. The van der Waals surface area contributed by atoms with E-state index in [2.05, 4.69) is 10.7 Å². The zero-order valence-corrected chi connectivity index (χ0v) is 10.1. The Morgan fingerprint density at radius 3 is 2.61 bits per heavy atom. The van der Waals surface area contributed by atoms with Crippen molar-refractivity contribution in [2.24, 2.45) is 11.6 Å². The van der Waals surface area contributed by atoms with Crippen molar-refractivity contribution < 1.29 is 4.79 Å². The zero-order chi connectivity index (χ0) is 13.1. The smallest absolute Gasteiger partial charge is 0.267 e. The number of fused-ring (bicyclic) bond motifs is 1. The van der Waals surface area contributed by atoms with Gasteiger partial charge in [0.15, 0.2) is 0 Å². The Labute approximate surface area is 105 Å². The summed E-state index contributed by atoms with van der Waals surface area (Å²) in [5, 5.41) is 4.86. The summed E-state index contributed by atoms with van der Waals surface area (Å²) in [6, 6.07) is 11.4. The first-order valence-corrected chi connectivity index (χ1v) is 5.68. The number of benzene rings is 2. The van der Waals surface area contributed by atoms with Crippen molar-refractivity contribution in [2.45, 2.75) is 13.1 Å². The lowest BCUT2D eigenvalue weighted by Crippen LogP contribution is -2.32. The van der Waals surface area contributed by atoms with Gasteiger partial charge < -0.3 is 11.1 Å². The summed E-state index contributed by atoms with van der Waals surface area (Å²) >= 11 is 0. The molecular formula is C13H16N4O. The van der Waals surface area contributed by atoms with Gasteiger partial charge in [0.25, 0.3) is 5.91 Å². The average Bonchev–Trinajstić information content (AvgIpc) is 2.37. The molecule has 0 bridgehead atoms. The number of rotatable bonds is 3. The van der Waals surface area contributed by atoms with Gasteiger partial charge in [0.2, 0.25) is 0 Å². The highest BCUT2D eigenvalue weighted by atomic mass is 16.2. The highest BCUT2D eigenvalue weighted by molar-refractivity contribution is 6.11. The molecule has 1 atom stereocenters. The molecule has 0 aliphatic carbocycles. The third-order valence-corrected chi connectivity index (χ3v) is 2.67. The van der Waals surface area contributed by atoms with Gasteiger partial charge in [0, 0.05) is 5.69 Å². The summed E-state index contributed by atoms with van der Waals surface area (Å²) in [7, 11) is 0. The number of carbonyl (C=O) groups is 1. The largest absolute Gasteiger partial charge is 0.370 e. The molecule has 0 radical (unpaired) electrons. The van der Waals surface area contributed by atoms with Crippen LogP contribution in [0.4, 0.5) is 5.69 Å². The van der Waals surface area contributed by atoms with Crippen LogP contribution in [0.15, 0.2) is 36.4 Å². The normalized spacial score (nSPS) is 12.2. The van der Waals surface area contributed by atoms with Gasteiger partial charge in [-0.15, -0.1) is 0 Å². The van der Waals surface area contributed by atoms with Crippen LogP contribution in [0.1, 0.15) is 17.3 Å². The maximum absolute atomic E-state index is 11.9. The quantitative estimate of drug-likeness (QED) is 0.282. The molecule has 0 heterocycles. The van der Waals surface area contributed by atoms with E-state index in [1.54, 1.807) is 6.92 Å². The molecule has 0 saturated heterocycles. The highest BCUT2D eigenvalue weighted by Crippen LogP contribution is 2.26. The number of amides is 1. The molecule has 0 aliphatic heterocycles. The zero-order valence-electron chi connectivity index (χ0n) is 10.1. The Morgan fingerprint density at radius 2 is 1.94 bits per heavy atom. The van der Waals surface area contributed by atoms with Crippen molar-refractivity contribution in [3.05, 3.63) is 42.0 Å². The van der Waals surface area contributed by atoms with E-state index in [1.165, 1.54) is 0 Å². The number of hydrogen-bond donors (Lipinski definition) is 4. The average molecular weight is 244 g/mol. The third-order valence-electron chi connectivity index (χ3n) is 2.67. The molecule has 0 fully saturated rings. The van der Waals surface area contributed by atoms with Crippen LogP contribution in [0, 0.1) is 0 Å². The first kappa shape index (κ1) is 12.3. The van der Waals surface area contributed by atoms with Crippen LogP contribution in [-0.2, 0) is 0 Å². The fraction of sp³-hybridized carbons (Fsp3) is 0.154. The lowest BCUT2D eigenvalue weighted by molar-refractivity contribution is 0.0956. The molecule has 0 aliphatic rings. The van der Waals surface area contributed by atoms with Crippen LogP contribution in [0.25, 0.3) is 10.8 Å². The monoisotopic (exact) mass is 244 g/mol. The summed E-state index contributed by atoms with van der Waals surface area (Å²) in [5.41, 5.74) is 9.05. The molecule has 0 saturated carbocycles. The number of nitrogens with one attached hydrogen (secondary N) is 2. The minimum Gasteiger partial charge on any atom is -0.370 e. The lowest BCUT2D eigenvalue weighted by atomic mass is 10.0. The minimum atomic E-state index is -0.338. The Hall–Kier alpha value is -2.11. The van der Waals surface area contributed by atoms with Crippen LogP contribution >= 0.6 is 0 Å². The van der Waals surface area contributed by atoms with Gasteiger partial charge in [-0.3, -0.25) is 10.2 Å². The maximum Gasteiger partial charge on any atom is 0.267 e. The number of carbonyl (C=O) groups excluding carboxylic acids is 1. The maximum atomic E-state index is 11.9. The van der Waals surface area contributed by atoms with Gasteiger partial charge in [-0.05, 0) is 23.8 Å².